The largest absolute Gasteiger partial charge is 0.507 e. The summed E-state index contributed by atoms with van der Waals surface area (Å²) in [5.41, 5.74) is 7.27. The number of hydrogen-bond acceptors (Lipinski definition) is 3. The highest BCUT2D eigenvalue weighted by Gasteiger charge is 2.32. The molecule has 1 aliphatic rings. The minimum Gasteiger partial charge on any atom is -0.507 e. The van der Waals surface area contributed by atoms with Crippen LogP contribution in [0.25, 0.3) is 0 Å². The number of aryl methyl sites for hydroxylation is 1. The van der Waals surface area contributed by atoms with Crippen LogP contribution < -0.4 is 5.73 Å². The summed E-state index contributed by atoms with van der Waals surface area (Å²) in [6.07, 6.45) is 2.18. The van der Waals surface area contributed by atoms with Gasteiger partial charge < -0.3 is 15.9 Å². The lowest BCUT2D eigenvalue weighted by molar-refractivity contribution is 0.421. The molecule has 0 aromatic heterocycles. The SMILES string of the molecule is Cc1cc(O)c(C(N)C2CC2)c(O)c1. The number of aromatic hydroxyl groups is 2. The second-order valence-electron chi connectivity index (χ2n) is 4.08. The van der Waals surface area contributed by atoms with Gasteiger partial charge in [0.05, 0.1) is 5.56 Å². The zero-order chi connectivity index (χ0) is 10.3. The number of phenolic OH excluding ortho intramolecular Hbond substituents is 2. The van der Waals surface area contributed by atoms with Crippen molar-refractivity contribution in [3.8, 4) is 11.5 Å². The van der Waals surface area contributed by atoms with Gasteiger partial charge in [-0.15, -0.1) is 0 Å². The molecule has 2 rings (SSSR count). The van der Waals surface area contributed by atoms with Crippen molar-refractivity contribution in [2.75, 3.05) is 0 Å². The zero-order valence-corrected chi connectivity index (χ0v) is 8.20. The Hall–Kier alpha value is -1.22. The molecule has 1 aliphatic carbocycles. The fraction of sp³-hybridized carbons (Fsp3) is 0.455. The molecule has 1 aromatic carbocycles. The molecule has 4 N–H and O–H groups in total. The van der Waals surface area contributed by atoms with Gasteiger partial charge in [-0.2, -0.15) is 0 Å². The van der Waals surface area contributed by atoms with Crippen molar-refractivity contribution in [2.24, 2.45) is 11.7 Å². The normalized spacial score (nSPS) is 18.1. The molecule has 3 heteroatoms. The van der Waals surface area contributed by atoms with Crippen molar-refractivity contribution >= 4 is 0 Å². The Morgan fingerprint density at radius 2 is 1.79 bits per heavy atom. The molecule has 0 spiro atoms. The van der Waals surface area contributed by atoms with E-state index in [0.29, 0.717) is 11.5 Å². The van der Waals surface area contributed by atoms with Gasteiger partial charge in [-0.3, -0.25) is 0 Å². The molecule has 1 saturated carbocycles. The summed E-state index contributed by atoms with van der Waals surface area (Å²) in [6, 6.07) is 3.05. The third kappa shape index (κ3) is 1.55. The standard InChI is InChI=1S/C11H15NO2/c1-6-4-8(13)10(9(14)5-6)11(12)7-2-3-7/h4-5,7,11,13-14H,2-3,12H2,1H3. The monoisotopic (exact) mass is 193 g/mol. The molecule has 0 saturated heterocycles. The van der Waals surface area contributed by atoms with Crippen LogP contribution in [-0.2, 0) is 0 Å². The lowest BCUT2D eigenvalue weighted by Crippen LogP contribution is -2.12. The average molecular weight is 193 g/mol. The molecule has 0 radical (unpaired) electrons. The van der Waals surface area contributed by atoms with Crippen molar-refractivity contribution in [3.63, 3.8) is 0 Å². The van der Waals surface area contributed by atoms with E-state index in [0.717, 1.165) is 18.4 Å². The molecular weight excluding hydrogens is 178 g/mol. The van der Waals surface area contributed by atoms with Crippen LogP contribution in [0.5, 0.6) is 11.5 Å². The Balaban J connectivity index is 2.40. The maximum absolute atomic E-state index is 9.68. The summed E-state index contributed by atoms with van der Waals surface area (Å²) < 4.78 is 0. The molecule has 0 amide bonds. The van der Waals surface area contributed by atoms with Crippen molar-refractivity contribution < 1.29 is 10.2 Å². The molecular formula is C11H15NO2. The summed E-state index contributed by atoms with van der Waals surface area (Å²) in [7, 11) is 0. The van der Waals surface area contributed by atoms with Crippen molar-refractivity contribution in [2.45, 2.75) is 25.8 Å². The summed E-state index contributed by atoms with van der Waals surface area (Å²) in [5.74, 6) is 0.651. The van der Waals surface area contributed by atoms with Gasteiger partial charge in [0.25, 0.3) is 0 Å². The van der Waals surface area contributed by atoms with E-state index in [4.69, 9.17) is 5.73 Å². The highest BCUT2D eigenvalue weighted by Crippen LogP contribution is 2.45. The Bertz CT molecular complexity index is 335. The lowest BCUT2D eigenvalue weighted by Gasteiger charge is -2.14. The van der Waals surface area contributed by atoms with E-state index >= 15 is 0 Å². The first-order valence-corrected chi connectivity index (χ1v) is 4.87. The third-order valence-electron chi connectivity index (χ3n) is 2.74. The molecule has 1 unspecified atom stereocenters. The Kier molecular flexibility index (Phi) is 2.11. The maximum atomic E-state index is 9.68. The summed E-state index contributed by atoms with van der Waals surface area (Å²) in [5, 5.41) is 19.4. The van der Waals surface area contributed by atoms with Crippen LogP contribution in [0.15, 0.2) is 12.1 Å². The average Bonchev–Trinajstić information content (AvgIpc) is 2.83. The van der Waals surface area contributed by atoms with E-state index in [2.05, 4.69) is 0 Å². The Labute approximate surface area is 83.2 Å². The highest BCUT2D eigenvalue weighted by molar-refractivity contribution is 5.48. The van der Waals surface area contributed by atoms with Gasteiger partial charge in [0.1, 0.15) is 11.5 Å². The lowest BCUT2D eigenvalue weighted by atomic mass is 9.99. The second-order valence-corrected chi connectivity index (χ2v) is 4.08. The smallest absolute Gasteiger partial charge is 0.124 e. The summed E-state index contributed by atoms with van der Waals surface area (Å²) >= 11 is 0. The van der Waals surface area contributed by atoms with Crippen LogP contribution in [0.4, 0.5) is 0 Å². The summed E-state index contributed by atoms with van der Waals surface area (Å²) in [6.45, 7) is 1.83. The molecule has 0 aliphatic heterocycles. The van der Waals surface area contributed by atoms with Crippen LogP contribution in [0.2, 0.25) is 0 Å². The molecule has 3 nitrogen and oxygen atoms in total. The Morgan fingerprint density at radius 3 is 2.21 bits per heavy atom. The van der Waals surface area contributed by atoms with Crippen molar-refractivity contribution in [1.82, 2.24) is 0 Å². The van der Waals surface area contributed by atoms with Gasteiger partial charge in [0, 0.05) is 6.04 Å². The maximum Gasteiger partial charge on any atom is 0.124 e. The molecule has 76 valence electrons. The van der Waals surface area contributed by atoms with Gasteiger partial charge in [-0.1, -0.05) is 0 Å². The fourth-order valence-corrected chi connectivity index (χ4v) is 1.79. The van der Waals surface area contributed by atoms with Gasteiger partial charge in [-0.25, -0.2) is 0 Å². The minimum absolute atomic E-state index is 0.113. The van der Waals surface area contributed by atoms with Gasteiger partial charge in [-0.05, 0) is 43.4 Å². The van der Waals surface area contributed by atoms with Crippen molar-refractivity contribution in [3.05, 3.63) is 23.3 Å². The first-order valence-electron chi connectivity index (χ1n) is 4.87. The predicted molar refractivity (Wildman–Crippen MR) is 54.2 cm³/mol. The number of nitrogens with two attached hydrogens (primary N) is 1. The molecule has 0 bridgehead atoms. The number of benzene rings is 1. The van der Waals surface area contributed by atoms with E-state index in [9.17, 15) is 10.2 Å². The van der Waals surface area contributed by atoms with Crippen LogP contribution in [0, 0.1) is 12.8 Å². The molecule has 1 aromatic rings. The van der Waals surface area contributed by atoms with Crippen molar-refractivity contribution in [1.29, 1.82) is 0 Å². The molecule has 1 fully saturated rings. The quantitative estimate of drug-likeness (QED) is 0.671. The third-order valence-corrected chi connectivity index (χ3v) is 2.74. The number of hydrogen-bond donors (Lipinski definition) is 3. The molecule has 1 atom stereocenters. The van der Waals surface area contributed by atoms with Crippen LogP contribution in [0.3, 0.4) is 0 Å². The number of phenols is 2. The van der Waals surface area contributed by atoms with Gasteiger partial charge in [0.2, 0.25) is 0 Å². The van der Waals surface area contributed by atoms with E-state index in [-0.39, 0.29) is 17.5 Å². The van der Waals surface area contributed by atoms with E-state index in [1.165, 1.54) is 0 Å². The van der Waals surface area contributed by atoms with Crippen LogP contribution >= 0.6 is 0 Å². The first kappa shape index (κ1) is 9.34. The Morgan fingerprint density at radius 1 is 1.29 bits per heavy atom. The molecule has 14 heavy (non-hydrogen) atoms. The van der Waals surface area contributed by atoms with Gasteiger partial charge in [0.15, 0.2) is 0 Å². The first-order chi connectivity index (χ1) is 6.59. The molecule has 0 heterocycles. The highest BCUT2D eigenvalue weighted by atomic mass is 16.3. The second kappa shape index (κ2) is 3.17. The van der Waals surface area contributed by atoms with Crippen LogP contribution in [0.1, 0.15) is 30.0 Å². The topological polar surface area (TPSA) is 66.5 Å². The zero-order valence-electron chi connectivity index (χ0n) is 8.20. The predicted octanol–water partition coefficient (Wildman–Crippen LogP) is 1.82. The van der Waals surface area contributed by atoms with E-state index < -0.39 is 0 Å². The van der Waals surface area contributed by atoms with Gasteiger partial charge >= 0.3 is 0 Å². The van der Waals surface area contributed by atoms with Crippen LogP contribution in [-0.4, -0.2) is 10.2 Å². The number of rotatable bonds is 2. The summed E-state index contributed by atoms with van der Waals surface area (Å²) in [4.78, 5) is 0. The van der Waals surface area contributed by atoms with E-state index in [1.54, 1.807) is 12.1 Å². The minimum atomic E-state index is -0.226. The fourth-order valence-electron chi connectivity index (χ4n) is 1.79. The van der Waals surface area contributed by atoms with E-state index in [1.807, 2.05) is 6.92 Å².